The zero-order chi connectivity index (χ0) is 22.4. The first kappa shape index (κ1) is 24.3. The van der Waals surface area contributed by atoms with Crippen LogP contribution in [0.4, 0.5) is 0 Å². The highest BCUT2D eigenvalue weighted by molar-refractivity contribution is 8.00. The van der Waals surface area contributed by atoms with E-state index in [2.05, 4.69) is 30.7 Å². The Hall–Kier alpha value is -1.34. The highest BCUT2D eigenvalue weighted by atomic mass is 32.2. The van der Waals surface area contributed by atoms with Gasteiger partial charge in [-0.15, -0.1) is 0 Å². The lowest BCUT2D eigenvalue weighted by atomic mass is 9.81. The minimum atomic E-state index is -0.543. The van der Waals surface area contributed by atoms with Crippen LogP contribution in [0.3, 0.4) is 0 Å². The third kappa shape index (κ3) is 6.82. The third-order valence-corrected chi connectivity index (χ3v) is 7.56. The number of hydrogen-bond donors (Lipinski definition) is 2. The van der Waals surface area contributed by atoms with Gasteiger partial charge in [0.1, 0.15) is 5.75 Å². The lowest BCUT2D eigenvalue weighted by Gasteiger charge is -2.38. The molecule has 172 valence electrons. The quantitative estimate of drug-likeness (QED) is 0.590. The standard InChI is InChI=1S/C25H38N2O3S/c1-25(2,3)31-14-13-27-12-10-18(19(16-27)17-28)5-8-24(29)21-9-11-26-23-7-6-20(30-4)15-22(21)23/h6-7,9,11,15,18-19,24,28-29H,5,8,10,12-14,16-17H2,1-4H3/t18-,19-,24+/m1/s1. The number of aliphatic hydroxyl groups excluding tert-OH is 2. The molecule has 1 aromatic heterocycles. The van der Waals surface area contributed by atoms with Gasteiger partial charge < -0.3 is 19.8 Å². The number of rotatable bonds is 9. The second-order valence-corrected chi connectivity index (χ2v) is 11.6. The number of hydrogen-bond acceptors (Lipinski definition) is 6. The maximum atomic E-state index is 11.0. The number of thioether (sulfide) groups is 1. The van der Waals surface area contributed by atoms with E-state index in [4.69, 9.17) is 4.74 Å². The second-order valence-electron chi connectivity index (χ2n) is 9.63. The molecule has 0 saturated carbocycles. The van der Waals surface area contributed by atoms with Crippen LogP contribution < -0.4 is 4.74 Å². The topological polar surface area (TPSA) is 65.8 Å². The van der Waals surface area contributed by atoms with Crippen molar-refractivity contribution < 1.29 is 14.9 Å². The van der Waals surface area contributed by atoms with E-state index in [0.29, 0.717) is 17.1 Å². The van der Waals surface area contributed by atoms with Crippen LogP contribution in [0.25, 0.3) is 10.9 Å². The van der Waals surface area contributed by atoms with Crippen molar-refractivity contribution in [3.8, 4) is 5.75 Å². The second kappa shape index (κ2) is 11.0. The predicted molar refractivity (Wildman–Crippen MR) is 130 cm³/mol. The molecule has 1 aliphatic rings. The lowest BCUT2D eigenvalue weighted by molar-refractivity contribution is 0.0608. The van der Waals surface area contributed by atoms with Gasteiger partial charge >= 0.3 is 0 Å². The molecule has 1 saturated heterocycles. The molecule has 5 nitrogen and oxygen atoms in total. The zero-order valence-electron chi connectivity index (χ0n) is 19.4. The largest absolute Gasteiger partial charge is 0.497 e. The van der Waals surface area contributed by atoms with Gasteiger partial charge in [0.25, 0.3) is 0 Å². The number of fused-ring (bicyclic) bond motifs is 1. The fourth-order valence-electron chi connectivity index (χ4n) is 4.52. The molecule has 0 radical (unpaired) electrons. The van der Waals surface area contributed by atoms with Gasteiger partial charge in [0.15, 0.2) is 0 Å². The molecule has 2 N–H and O–H groups in total. The Bertz CT molecular complexity index is 839. The Morgan fingerprint density at radius 3 is 2.77 bits per heavy atom. The maximum Gasteiger partial charge on any atom is 0.119 e. The summed E-state index contributed by atoms with van der Waals surface area (Å²) in [5, 5.41) is 21.9. The van der Waals surface area contributed by atoms with E-state index in [1.54, 1.807) is 13.3 Å². The van der Waals surface area contributed by atoms with Gasteiger partial charge in [0.05, 0.1) is 18.7 Å². The van der Waals surface area contributed by atoms with Crippen molar-refractivity contribution in [2.45, 2.75) is 50.9 Å². The normalized spacial score (nSPS) is 21.4. The number of aromatic nitrogens is 1. The summed E-state index contributed by atoms with van der Waals surface area (Å²) in [5.74, 6) is 2.64. The van der Waals surface area contributed by atoms with Crippen LogP contribution in [0.2, 0.25) is 0 Å². The first-order valence-corrected chi connectivity index (χ1v) is 12.4. The molecule has 0 spiro atoms. The summed E-state index contributed by atoms with van der Waals surface area (Å²) in [4.78, 5) is 6.91. The summed E-state index contributed by atoms with van der Waals surface area (Å²) in [6.07, 6.45) is 3.92. The molecule has 0 aliphatic carbocycles. The number of benzene rings is 1. The number of likely N-dealkylation sites (tertiary alicyclic amines) is 1. The smallest absolute Gasteiger partial charge is 0.119 e. The molecule has 31 heavy (non-hydrogen) atoms. The summed E-state index contributed by atoms with van der Waals surface area (Å²) >= 11 is 2.00. The fraction of sp³-hybridized carbons (Fsp3) is 0.640. The number of ether oxygens (including phenoxy) is 1. The van der Waals surface area contributed by atoms with E-state index in [1.807, 2.05) is 36.0 Å². The van der Waals surface area contributed by atoms with Crippen molar-refractivity contribution >= 4 is 22.7 Å². The molecule has 0 unspecified atom stereocenters. The molecule has 2 aromatic rings. The van der Waals surface area contributed by atoms with Crippen LogP contribution in [-0.4, -0.2) is 63.9 Å². The molecule has 1 aromatic carbocycles. The lowest BCUT2D eigenvalue weighted by Crippen LogP contribution is -2.43. The molecule has 1 fully saturated rings. The van der Waals surface area contributed by atoms with E-state index in [9.17, 15) is 10.2 Å². The predicted octanol–water partition coefficient (Wildman–Crippen LogP) is 4.52. The Kier molecular flexibility index (Phi) is 8.62. The Morgan fingerprint density at radius 2 is 2.06 bits per heavy atom. The van der Waals surface area contributed by atoms with E-state index in [1.165, 1.54) is 0 Å². The fourth-order valence-corrected chi connectivity index (χ4v) is 5.48. The average Bonchev–Trinajstić information content (AvgIpc) is 2.76. The zero-order valence-corrected chi connectivity index (χ0v) is 20.2. The van der Waals surface area contributed by atoms with Gasteiger partial charge in [0, 0.05) is 41.8 Å². The number of aliphatic hydroxyl groups is 2. The molecular formula is C25H38N2O3S. The molecular weight excluding hydrogens is 408 g/mol. The van der Waals surface area contributed by atoms with Crippen molar-refractivity contribution in [2.75, 3.05) is 39.1 Å². The monoisotopic (exact) mass is 446 g/mol. The van der Waals surface area contributed by atoms with Crippen LogP contribution >= 0.6 is 11.8 Å². The van der Waals surface area contributed by atoms with E-state index in [-0.39, 0.29) is 12.5 Å². The van der Waals surface area contributed by atoms with Gasteiger partial charge in [0.2, 0.25) is 0 Å². The van der Waals surface area contributed by atoms with Crippen molar-refractivity contribution in [2.24, 2.45) is 11.8 Å². The molecule has 2 heterocycles. The van der Waals surface area contributed by atoms with Crippen LogP contribution in [0.5, 0.6) is 5.75 Å². The minimum Gasteiger partial charge on any atom is -0.497 e. The SMILES string of the molecule is COc1ccc2nccc([C@@H](O)CC[C@@H]3CCN(CCSC(C)(C)C)C[C@@H]3CO)c2c1. The van der Waals surface area contributed by atoms with E-state index in [0.717, 1.165) is 60.4 Å². The van der Waals surface area contributed by atoms with Crippen LogP contribution in [0, 0.1) is 11.8 Å². The molecule has 0 amide bonds. The minimum absolute atomic E-state index is 0.221. The number of nitrogens with zero attached hydrogens (tertiary/aromatic N) is 2. The van der Waals surface area contributed by atoms with Crippen molar-refractivity contribution in [3.05, 3.63) is 36.0 Å². The van der Waals surface area contributed by atoms with Crippen molar-refractivity contribution in [1.29, 1.82) is 0 Å². The summed E-state index contributed by atoms with van der Waals surface area (Å²) < 4.78 is 5.65. The van der Waals surface area contributed by atoms with Crippen LogP contribution in [-0.2, 0) is 0 Å². The summed E-state index contributed by atoms with van der Waals surface area (Å²) in [7, 11) is 1.65. The van der Waals surface area contributed by atoms with Gasteiger partial charge in [-0.05, 0) is 67.5 Å². The van der Waals surface area contributed by atoms with Gasteiger partial charge in [-0.3, -0.25) is 4.98 Å². The molecule has 0 bridgehead atoms. The Labute approximate surface area is 191 Å². The highest BCUT2D eigenvalue weighted by Gasteiger charge is 2.29. The number of piperidine rings is 1. The Balaban J connectivity index is 1.57. The first-order chi connectivity index (χ1) is 14.8. The molecule has 3 rings (SSSR count). The first-order valence-electron chi connectivity index (χ1n) is 11.4. The van der Waals surface area contributed by atoms with Crippen molar-refractivity contribution in [1.82, 2.24) is 9.88 Å². The van der Waals surface area contributed by atoms with E-state index < -0.39 is 6.10 Å². The Morgan fingerprint density at radius 1 is 1.26 bits per heavy atom. The third-order valence-electron chi connectivity index (χ3n) is 6.30. The highest BCUT2D eigenvalue weighted by Crippen LogP contribution is 2.33. The van der Waals surface area contributed by atoms with Gasteiger partial charge in [-0.1, -0.05) is 20.8 Å². The van der Waals surface area contributed by atoms with Crippen molar-refractivity contribution in [3.63, 3.8) is 0 Å². The molecule has 1 aliphatic heterocycles. The molecule has 6 heteroatoms. The van der Waals surface area contributed by atoms with Crippen LogP contribution in [0.15, 0.2) is 30.5 Å². The number of pyridine rings is 1. The van der Waals surface area contributed by atoms with Gasteiger partial charge in [-0.25, -0.2) is 0 Å². The van der Waals surface area contributed by atoms with Gasteiger partial charge in [-0.2, -0.15) is 11.8 Å². The summed E-state index contributed by atoms with van der Waals surface area (Å²) in [5.41, 5.74) is 1.77. The summed E-state index contributed by atoms with van der Waals surface area (Å²) in [6, 6.07) is 7.68. The maximum absolute atomic E-state index is 11.0. The van der Waals surface area contributed by atoms with E-state index >= 15 is 0 Å². The summed E-state index contributed by atoms with van der Waals surface area (Å²) in [6.45, 7) is 10.1. The molecule has 3 atom stereocenters. The average molecular weight is 447 g/mol. The van der Waals surface area contributed by atoms with Crippen LogP contribution in [0.1, 0.15) is 51.7 Å². The number of methoxy groups -OCH3 is 1.